The van der Waals surface area contributed by atoms with Gasteiger partial charge in [0.1, 0.15) is 0 Å². The van der Waals surface area contributed by atoms with E-state index in [1.54, 1.807) is 6.21 Å². The Labute approximate surface area is 153 Å². The van der Waals surface area contributed by atoms with E-state index in [0.717, 1.165) is 5.57 Å². The zero-order valence-electron chi connectivity index (χ0n) is 16.5. The van der Waals surface area contributed by atoms with Crippen molar-refractivity contribution in [3.05, 3.63) is 58.7 Å². The van der Waals surface area contributed by atoms with Crippen LogP contribution in [0.3, 0.4) is 0 Å². The van der Waals surface area contributed by atoms with Gasteiger partial charge < -0.3 is 0 Å². The Morgan fingerprint density at radius 3 is 2.44 bits per heavy atom. The third kappa shape index (κ3) is 7.97. The second kappa shape index (κ2) is 9.97. The molecule has 3 heteroatoms. The smallest absolute Gasteiger partial charge is 0.236 e. The minimum atomic E-state index is -0.172. The number of hydrogen-bond donors (Lipinski definition) is 1. The number of nitrogens with one attached hydrogen (secondary N) is 1. The Hall–Kier alpha value is -2.16. The van der Waals surface area contributed by atoms with Crippen molar-refractivity contribution >= 4 is 12.1 Å². The molecule has 1 amide bonds. The van der Waals surface area contributed by atoms with E-state index in [9.17, 15) is 4.79 Å². The summed E-state index contributed by atoms with van der Waals surface area (Å²) in [5.74, 6) is -0.172. The van der Waals surface area contributed by atoms with Crippen molar-refractivity contribution in [3.8, 4) is 0 Å². The summed E-state index contributed by atoms with van der Waals surface area (Å²) in [5, 5.41) is 3.79. The van der Waals surface area contributed by atoms with Gasteiger partial charge in [-0.05, 0) is 62.7 Å². The lowest BCUT2D eigenvalue weighted by Crippen LogP contribution is -2.19. The normalized spacial score (nSPS) is 19.4. The highest BCUT2D eigenvalue weighted by Gasteiger charge is 2.26. The van der Waals surface area contributed by atoms with Gasteiger partial charge in [0.15, 0.2) is 0 Å². The second-order valence-electron chi connectivity index (χ2n) is 7.39. The average molecular weight is 341 g/mol. The lowest BCUT2D eigenvalue weighted by molar-refractivity contribution is -0.118. The van der Waals surface area contributed by atoms with Crippen molar-refractivity contribution in [1.82, 2.24) is 5.43 Å². The fourth-order valence-electron chi connectivity index (χ4n) is 2.97. The summed E-state index contributed by atoms with van der Waals surface area (Å²) >= 11 is 0. The van der Waals surface area contributed by atoms with Crippen molar-refractivity contribution in [2.75, 3.05) is 0 Å². The molecule has 0 bridgehead atoms. The summed E-state index contributed by atoms with van der Waals surface area (Å²) in [7, 11) is 0. The second-order valence-corrected chi connectivity index (χ2v) is 7.39. The van der Waals surface area contributed by atoms with Crippen molar-refractivity contribution in [3.63, 3.8) is 0 Å². The van der Waals surface area contributed by atoms with Crippen LogP contribution in [0.1, 0.15) is 60.8 Å². The van der Waals surface area contributed by atoms with Gasteiger partial charge in [0, 0.05) is 13.1 Å². The minimum Gasteiger partial charge on any atom is -0.274 e. The molecule has 1 rings (SSSR count). The average Bonchev–Trinajstić information content (AvgIpc) is 2.50. The number of hydrogen-bond acceptors (Lipinski definition) is 2. The van der Waals surface area contributed by atoms with Crippen LogP contribution in [-0.4, -0.2) is 12.1 Å². The number of rotatable bonds is 6. The summed E-state index contributed by atoms with van der Waals surface area (Å²) in [5.41, 5.74) is 7.94. The first-order valence-corrected chi connectivity index (χ1v) is 8.92. The lowest BCUT2D eigenvalue weighted by Gasteiger charge is -2.32. The van der Waals surface area contributed by atoms with Crippen LogP contribution >= 0.6 is 0 Å². The third-order valence-corrected chi connectivity index (χ3v) is 4.41. The molecule has 0 aromatic carbocycles. The van der Waals surface area contributed by atoms with Gasteiger partial charge in [-0.25, -0.2) is 5.43 Å². The zero-order chi connectivity index (χ0) is 18.9. The fraction of sp³-hybridized carbons (Fsp3) is 0.455. The Kier molecular flexibility index (Phi) is 8.33. The summed E-state index contributed by atoms with van der Waals surface area (Å²) < 4.78 is 0. The van der Waals surface area contributed by atoms with E-state index in [1.807, 2.05) is 25.2 Å². The molecule has 0 atom stereocenters. The third-order valence-electron chi connectivity index (χ3n) is 4.41. The number of carbonyl (C=O) groups is 1. The van der Waals surface area contributed by atoms with Gasteiger partial charge in [0.05, 0.1) is 0 Å². The SMILES string of the molecule is CC(=O)NN=CC=C(C)C=CC=C(C)C=CC1=C(C)CCCC1(C)C. The molecule has 0 spiro atoms. The summed E-state index contributed by atoms with van der Waals surface area (Å²) in [4.78, 5) is 10.7. The van der Waals surface area contributed by atoms with Crippen LogP contribution in [0.2, 0.25) is 0 Å². The first kappa shape index (κ1) is 20.9. The van der Waals surface area contributed by atoms with Gasteiger partial charge in [-0.2, -0.15) is 5.10 Å². The molecule has 1 N–H and O–H groups in total. The Balaban J connectivity index is 2.68. The molecule has 0 saturated carbocycles. The zero-order valence-corrected chi connectivity index (χ0v) is 16.5. The van der Waals surface area contributed by atoms with E-state index in [-0.39, 0.29) is 11.3 Å². The van der Waals surface area contributed by atoms with Crippen LogP contribution in [0.4, 0.5) is 0 Å². The van der Waals surface area contributed by atoms with Gasteiger partial charge >= 0.3 is 0 Å². The molecule has 0 aromatic heterocycles. The first-order chi connectivity index (χ1) is 11.7. The van der Waals surface area contributed by atoms with Crippen LogP contribution in [0.5, 0.6) is 0 Å². The van der Waals surface area contributed by atoms with E-state index in [0.29, 0.717) is 0 Å². The van der Waals surface area contributed by atoms with Crippen LogP contribution < -0.4 is 5.43 Å². The van der Waals surface area contributed by atoms with Crippen LogP contribution in [-0.2, 0) is 4.79 Å². The first-order valence-electron chi connectivity index (χ1n) is 8.92. The highest BCUT2D eigenvalue weighted by atomic mass is 16.2. The molecule has 0 radical (unpaired) electrons. The van der Waals surface area contributed by atoms with Crippen molar-refractivity contribution in [1.29, 1.82) is 0 Å². The number of allylic oxidation sites excluding steroid dienone is 10. The monoisotopic (exact) mass is 340 g/mol. The van der Waals surface area contributed by atoms with E-state index in [1.165, 1.54) is 42.9 Å². The Morgan fingerprint density at radius 2 is 1.80 bits per heavy atom. The van der Waals surface area contributed by atoms with Crippen LogP contribution in [0.15, 0.2) is 63.8 Å². The van der Waals surface area contributed by atoms with Crippen molar-refractivity contribution < 1.29 is 4.79 Å². The number of carbonyl (C=O) groups excluding carboxylic acids is 1. The predicted octanol–water partition coefficient (Wildman–Crippen LogP) is 5.64. The summed E-state index contributed by atoms with van der Waals surface area (Å²) in [6.07, 6.45) is 17.9. The quantitative estimate of drug-likeness (QED) is 0.379. The van der Waals surface area contributed by atoms with E-state index < -0.39 is 0 Å². The number of nitrogens with zero attached hydrogens (tertiary/aromatic N) is 1. The van der Waals surface area contributed by atoms with Gasteiger partial charge in [0.2, 0.25) is 5.91 Å². The van der Waals surface area contributed by atoms with Gasteiger partial charge in [-0.1, -0.05) is 55.4 Å². The molecule has 0 saturated heterocycles. The molecule has 0 aliphatic heterocycles. The maximum atomic E-state index is 10.7. The molecule has 0 heterocycles. The summed E-state index contributed by atoms with van der Waals surface area (Å²) in [6.45, 7) is 12.5. The van der Waals surface area contributed by atoms with Crippen LogP contribution in [0.25, 0.3) is 0 Å². The fourth-order valence-corrected chi connectivity index (χ4v) is 2.97. The molecule has 0 aromatic rings. The minimum absolute atomic E-state index is 0.172. The molecular weight excluding hydrogens is 308 g/mol. The molecule has 1 aliphatic carbocycles. The topological polar surface area (TPSA) is 41.5 Å². The molecule has 3 nitrogen and oxygen atoms in total. The van der Waals surface area contributed by atoms with E-state index in [4.69, 9.17) is 0 Å². The number of hydrazone groups is 1. The maximum absolute atomic E-state index is 10.7. The maximum Gasteiger partial charge on any atom is 0.236 e. The number of amides is 1. The molecule has 136 valence electrons. The molecular formula is C22H32N2O. The predicted molar refractivity (Wildman–Crippen MR) is 108 cm³/mol. The van der Waals surface area contributed by atoms with Crippen molar-refractivity contribution in [2.24, 2.45) is 10.5 Å². The Bertz CT molecular complexity index is 656. The molecule has 1 aliphatic rings. The Morgan fingerprint density at radius 1 is 1.12 bits per heavy atom. The van der Waals surface area contributed by atoms with Gasteiger partial charge in [-0.15, -0.1) is 0 Å². The summed E-state index contributed by atoms with van der Waals surface area (Å²) in [6, 6.07) is 0. The van der Waals surface area contributed by atoms with Crippen LogP contribution in [0, 0.1) is 5.41 Å². The van der Waals surface area contributed by atoms with E-state index >= 15 is 0 Å². The van der Waals surface area contributed by atoms with Gasteiger partial charge in [-0.3, -0.25) is 4.79 Å². The van der Waals surface area contributed by atoms with Crippen molar-refractivity contribution in [2.45, 2.75) is 60.8 Å². The molecule has 0 unspecified atom stereocenters. The molecule has 0 fully saturated rings. The highest BCUT2D eigenvalue weighted by Crippen LogP contribution is 2.40. The lowest BCUT2D eigenvalue weighted by atomic mass is 9.72. The molecule has 25 heavy (non-hydrogen) atoms. The standard InChI is InChI=1S/C22H32N2O/c1-17(9-7-10-18(2)14-16-23-24-20(4)25)12-13-21-19(3)11-8-15-22(21,5)6/h7,9-10,12-14,16H,8,11,15H2,1-6H3,(H,24,25). The van der Waals surface area contributed by atoms with E-state index in [2.05, 4.69) is 56.5 Å². The highest BCUT2D eigenvalue weighted by molar-refractivity contribution is 5.77. The largest absolute Gasteiger partial charge is 0.274 e. The van der Waals surface area contributed by atoms with Gasteiger partial charge in [0.25, 0.3) is 0 Å².